The van der Waals surface area contributed by atoms with Crippen molar-refractivity contribution in [2.45, 2.75) is 57.0 Å². The molecule has 198 valence electrons. The van der Waals surface area contributed by atoms with E-state index in [-0.39, 0.29) is 38.0 Å². The summed E-state index contributed by atoms with van der Waals surface area (Å²) in [6.45, 7) is 2.54. The molecule has 0 bridgehead atoms. The van der Waals surface area contributed by atoms with Gasteiger partial charge in [-0.1, -0.05) is 6.92 Å². The highest BCUT2D eigenvalue weighted by atomic mass is 127. The van der Waals surface area contributed by atoms with Gasteiger partial charge in [0, 0.05) is 43.7 Å². The highest BCUT2D eigenvalue weighted by Crippen LogP contribution is 2.37. The first kappa shape index (κ1) is 28.4. The molecular weight excluding hydrogens is 583 g/mol. The number of rotatable bonds is 11. The second-order valence-corrected chi connectivity index (χ2v) is 9.86. The SMILES string of the molecule is CCC(=O)N(C[C@@H]1CCCO1)[C@@H]1CC(C(=O)NCCO)=C[C@H](Oc2c(I)cc(C=O)cc2OC)[C@H]1O. The van der Waals surface area contributed by atoms with Crippen molar-refractivity contribution < 1.29 is 38.8 Å². The van der Waals surface area contributed by atoms with E-state index in [2.05, 4.69) is 5.32 Å². The molecule has 3 rings (SSSR count). The van der Waals surface area contributed by atoms with Crippen LogP contribution in [-0.2, 0) is 14.3 Å². The lowest BCUT2D eigenvalue weighted by molar-refractivity contribution is -0.140. The van der Waals surface area contributed by atoms with Gasteiger partial charge in [0.2, 0.25) is 11.8 Å². The molecule has 36 heavy (non-hydrogen) atoms. The predicted molar refractivity (Wildman–Crippen MR) is 139 cm³/mol. The van der Waals surface area contributed by atoms with Gasteiger partial charge in [0.1, 0.15) is 18.5 Å². The van der Waals surface area contributed by atoms with Crippen molar-refractivity contribution in [2.75, 3.05) is 33.4 Å². The Morgan fingerprint density at radius 1 is 1.36 bits per heavy atom. The molecule has 10 nitrogen and oxygen atoms in total. The van der Waals surface area contributed by atoms with Crippen molar-refractivity contribution in [3.63, 3.8) is 0 Å². The summed E-state index contributed by atoms with van der Waals surface area (Å²) in [5.41, 5.74) is 0.741. The molecule has 1 fully saturated rings. The van der Waals surface area contributed by atoms with Gasteiger partial charge in [-0.25, -0.2) is 0 Å². The van der Waals surface area contributed by atoms with Crippen LogP contribution in [0.3, 0.4) is 0 Å². The van der Waals surface area contributed by atoms with E-state index in [1.54, 1.807) is 17.9 Å². The summed E-state index contributed by atoms with van der Waals surface area (Å²) in [7, 11) is 1.44. The van der Waals surface area contributed by atoms with Gasteiger partial charge in [0.05, 0.1) is 29.4 Å². The van der Waals surface area contributed by atoms with Crippen molar-refractivity contribution in [3.8, 4) is 11.5 Å². The number of methoxy groups -OCH3 is 1. The van der Waals surface area contributed by atoms with Crippen molar-refractivity contribution in [2.24, 2.45) is 0 Å². The number of ether oxygens (including phenoxy) is 3. The van der Waals surface area contributed by atoms with E-state index in [1.165, 1.54) is 19.3 Å². The summed E-state index contributed by atoms with van der Waals surface area (Å²) in [5.74, 6) is 0.0486. The van der Waals surface area contributed by atoms with Gasteiger partial charge >= 0.3 is 0 Å². The van der Waals surface area contributed by atoms with Gasteiger partial charge in [-0.15, -0.1) is 0 Å². The Balaban J connectivity index is 1.97. The number of carbonyl (C=O) groups excluding carboxylic acids is 3. The zero-order valence-electron chi connectivity index (χ0n) is 20.4. The second kappa shape index (κ2) is 13.4. The van der Waals surface area contributed by atoms with Crippen LogP contribution in [0.5, 0.6) is 11.5 Å². The fourth-order valence-electron chi connectivity index (χ4n) is 4.47. The zero-order chi connectivity index (χ0) is 26.2. The van der Waals surface area contributed by atoms with Gasteiger partial charge in [-0.3, -0.25) is 14.4 Å². The molecule has 0 aromatic heterocycles. The summed E-state index contributed by atoms with van der Waals surface area (Å²) in [6.07, 6.45) is 2.03. The van der Waals surface area contributed by atoms with Crippen LogP contribution >= 0.6 is 22.6 Å². The van der Waals surface area contributed by atoms with Crippen LogP contribution in [0.1, 0.15) is 43.0 Å². The molecule has 1 saturated heterocycles. The average Bonchev–Trinajstić information content (AvgIpc) is 3.40. The second-order valence-electron chi connectivity index (χ2n) is 8.70. The van der Waals surface area contributed by atoms with Crippen LogP contribution in [0.15, 0.2) is 23.8 Å². The lowest BCUT2D eigenvalue weighted by Crippen LogP contribution is -2.56. The fraction of sp³-hybridized carbons (Fsp3) is 0.560. The Morgan fingerprint density at radius 3 is 2.75 bits per heavy atom. The van der Waals surface area contributed by atoms with Crippen LogP contribution in [0.25, 0.3) is 0 Å². The van der Waals surface area contributed by atoms with Gasteiger partial charge in [-0.2, -0.15) is 0 Å². The molecular formula is C25H33IN2O8. The summed E-state index contributed by atoms with van der Waals surface area (Å²) in [4.78, 5) is 38.7. The minimum Gasteiger partial charge on any atom is -0.493 e. The van der Waals surface area contributed by atoms with E-state index in [0.717, 1.165) is 12.8 Å². The highest BCUT2D eigenvalue weighted by Gasteiger charge is 2.41. The molecule has 1 aliphatic heterocycles. The maximum atomic E-state index is 13.0. The molecule has 2 aliphatic rings. The molecule has 2 amide bonds. The number of halogens is 1. The highest BCUT2D eigenvalue weighted by molar-refractivity contribution is 14.1. The summed E-state index contributed by atoms with van der Waals surface area (Å²) < 4.78 is 17.9. The quantitative estimate of drug-likeness (QED) is 0.251. The Hall–Kier alpha value is -2.22. The van der Waals surface area contributed by atoms with Crippen LogP contribution < -0.4 is 14.8 Å². The maximum Gasteiger partial charge on any atom is 0.247 e. The number of carbonyl (C=O) groups is 3. The molecule has 11 heteroatoms. The molecule has 1 aliphatic carbocycles. The minimum absolute atomic E-state index is 0.0707. The monoisotopic (exact) mass is 616 g/mol. The molecule has 0 saturated carbocycles. The maximum absolute atomic E-state index is 13.0. The number of aldehydes is 1. The largest absolute Gasteiger partial charge is 0.493 e. The van der Waals surface area contributed by atoms with Crippen LogP contribution in [0.4, 0.5) is 0 Å². The first-order valence-corrected chi connectivity index (χ1v) is 13.1. The van der Waals surface area contributed by atoms with Crippen molar-refractivity contribution in [1.29, 1.82) is 0 Å². The van der Waals surface area contributed by atoms with E-state index >= 15 is 0 Å². The fourth-order valence-corrected chi connectivity index (χ4v) is 5.22. The number of nitrogens with one attached hydrogen (secondary N) is 1. The summed E-state index contributed by atoms with van der Waals surface area (Å²) in [5, 5.41) is 23.2. The first-order valence-electron chi connectivity index (χ1n) is 12.0. The third-order valence-electron chi connectivity index (χ3n) is 6.30. The van der Waals surface area contributed by atoms with E-state index in [1.807, 2.05) is 22.6 Å². The third kappa shape index (κ3) is 6.75. The predicted octanol–water partition coefficient (Wildman–Crippen LogP) is 1.45. The molecule has 1 aromatic rings. The standard InChI is InChI=1S/C25H33IN2O8/c1-3-22(31)28(13-17-5-4-8-35-17)19-11-16(25(33)27-6-7-29)12-20(23(19)32)36-24-18(26)9-15(14-30)10-21(24)34-2/h9-10,12,14,17,19-20,23,29,32H,3-8,11,13H2,1-2H3,(H,27,33)/t17-,19+,20-,23-/m0/s1. The Morgan fingerprint density at radius 2 is 2.14 bits per heavy atom. The molecule has 3 N–H and O–H groups in total. The van der Waals surface area contributed by atoms with E-state index in [0.29, 0.717) is 45.6 Å². The van der Waals surface area contributed by atoms with Gasteiger partial charge in [0.15, 0.2) is 11.5 Å². The minimum atomic E-state index is -1.15. The number of hydrogen-bond acceptors (Lipinski definition) is 8. The number of hydrogen-bond donors (Lipinski definition) is 3. The van der Waals surface area contributed by atoms with Gasteiger partial charge in [0.25, 0.3) is 0 Å². The van der Waals surface area contributed by atoms with Gasteiger partial charge < -0.3 is 34.6 Å². The third-order valence-corrected chi connectivity index (χ3v) is 7.10. The molecule has 4 atom stereocenters. The summed E-state index contributed by atoms with van der Waals surface area (Å²) >= 11 is 2.01. The average molecular weight is 616 g/mol. The van der Waals surface area contributed by atoms with Crippen LogP contribution in [-0.4, -0.2) is 91.0 Å². The van der Waals surface area contributed by atoms with E-state index in [4.69, 9.17) is 19.3 Å². The normalized spacial score (nSPS) is 23.5. The molecule has 1 heterocycles. The topological polar surface area (TPSA) is 135 Å². The van der Waals surface area contributed by atoms with Crippen LogP contribution in [0.2, 0.25) is 0 Å². The number of amides is 2. The van der Waals surface area contributed by atoms with Gasteiger partial charge in [-0.05, 0) is 53.6 Å². The van der Waals surface area contributed by atoms with Crippen molar-refractivity contribution in [3.05, 3.63) is 32.9 Å². The Kier molecular flexibility index (Phi) is 10.5. The number of benzene rings is 1. The van der Waals surface area contributed by atoms with E-state index in [9.17, 15) is 19.5 Å². The smallest absolute Gasteiger partial charge is 0.247 e. The zero-order valence-corrected chi connectivity index (χ0v) is 22.6. The molecule has 0 radical (unpaired) electrons. The summed E-state index contributed by atoms with van der Waals surface area (Å²) in [6, 6.07) is 2.42. The molecule has 1 aromatic carbocycles. The molecule has 0 unspecified atom stereocenters. The number of nitrogens with zero attached hydrogens (tertiary/aromatic N) is 1. The number of aliphatic hydroxyl groups is 2. The lowest BCUT2D eigenvalue weighted by atomic mass is 9.87. The molecule has 0 spiro atoms. The first-order chi connectivity index (χ1) is 17.3. The van der Waals surface area contributed by atoms with Crippen LogP contribution in [0, 0.1) is 3.57 Å². The van der Waals surface area contributed by atoms with Crippen molar-refractivity contribution in [1.82, 2.24) is 10.2 Å². The van der Waals surface area contributed by atoms with E-state index < -0.39 is 24.2 Å². The Labute approximate surface area is 224 Å². The number of aliphatic hydroxyl groups excluding tert-OH is 2. The lowest BCUT2D eigenvalue weighted by Gasteiger charge is -2.41. The Bertz CT molecular complexity index is 979. The van der Waals surface area contributed by atoms with Crippen molar-refractivity contribution >= 4 is 40.7 Å².